The fraction of sp³-hybridized carbons (Fsp3) is 0.778. The Morgan fingerprint density at radius 3 is 3.07 bits per heavy atom. The van der Waals surface area contributed by atoms with Gasteiger partial charge in [-0.05, 0) is 6.42 Å². The third-order valence-corrected chi connectivity index (χ3v) is 3.14. The lowest BCUT2D eigenvalue weighted by molar-refractivity contribution is -0.142. The molecule has 1 heterocycles. The monoisotopic (exact) mass is 198 g/mol. The molecule has 1 aliphatic carbocycles. The van der Waals surface area contributed by atoms with Crippen molar-refractivity contribution in [2.24, 2.45) is 22.7 Å². The zero-order valence-corrected chi connectivity index (χ0v) is 8.01. The van der Waals surface area contributed by atoms with Gasteiger partial charge in [-0.15, -0.1) is 0 Å². The van der Waals surface area contributed by atoms with Gasteiger partial charge in [0, 0.05) is 12.5 Å². The topological polar surface area (TPSA) is 84.9 Å². The molecule has 1 aliphatic heterocycles. The number of nitrogens with two attached hydrogens (primary N) is 1. The molecule has 0 radical (unpaired) electrons. The second-order valence-electron chi connectivity index (χ2n) is 3.86. The zero-order valence-electron chi connectivity index (χ0n) is 8.01. The number of carboxylic acids is 1. The summed E-state index contributed by atoms with van der Waals surface area (Å²) in [5, 5.41) is 12.8. The lowest BCUT2D eigenvalue weighted by atomic mass is 9.93. The molecule has 78 valence electrons. The second-order valence-corrected chi connectivity index (χ2v) is 3.86. The molecule has 0 aromatic rings. The summed E-state index contributed by atoms with van der Waals surface area (Å²) in [5.74, 6) is -1.30. The van der Waals surface area contributed by atoms with Crippen LogP contribution in [0.2, 0.25) is 0 Å². The molecule has 0 aromatic heterocycles. The average molecular weight is 198 g/mol. The first-order valence-corrected chi connectivity index (χ1v) is 4.86. The van der Waals surface area contributed by atoms with Crippen LogP contribution >= 0.6 is 0 Å². The van der Waals surface area contributed by atoms with E-state index in [0.29, 0.717) is 6.42 Å². The van der Waals surface area contributed by atoms with Crippen molar-refractivity contribution < 1.29 is 14.7 Å². The number of fused-ring (bicyclic) bond motifs is 1. The van der Waals surface area contributed by atoms with Crippen LogP contribution in [0.4, 0.5) is 0 Å². The maximum absolute atomic E-state index is 10.9. The Labute approximate surface area is 81.9 Å². The lowest BCUT2D eigenvalue weighted by Gasteiger charge is -2.15. The average Bonchev–Trinajstić information content (AvgIpc) is 2.66. The molecule has 0 amide bonds. The van der Waals surface area contributed by atoms with Crippen molar-refractivity contribution >= 4 is 11.7 Å². The van der Waals surface area contributed by atoms with E-state index in [9.17, 15) is 4.79 Å². The van der Waals surface area contributed by atoms with Gasteiger partial charge in [-0.1, -0.05) is 12.1 Å². The molecule has 5 nitrogen and oxygen atoms in total. The number of oxime groups is 1. The minimum absolute atomic E-state index is 0.0149. The van der Waals surface area contributed by atoms with Crippen molar-refractivity contribution in [3.63, 3.8) is 0 Å². The molecule has 1 saturated carbocycles. The van der Waals surface area contributed by atoms with Crippen LogP contribution in [0.15, 0.2) is 5.16 Å². The first-order chi connectivity index (χ1) is 6.65. The van der Waals surface area contributed by atoms with Crippen LogP contribution in [0.5, 0.6) is 0 Å². The van der Waals surface area contributed by atoms with Gasteiger partial charge in [-0.2, -0.15) is 0 Å². The van der Waals surface area contributed by atoms with Gasteiger partial charge in [-0.3, -0.25) is 4.79 Å². The highest BCUT2D eigenvalue weighted by atomic mass is 16.6. The Hall–Kier alpha value is -1.10. The standard InChI is InChI=1S/C9H14N2O3/c1-2-5-7-6(14-11-5)3-4(8(7)10)9(12)13/h4,6-8H,2-3,10H2,1H3,(H,12,13). The van der Waals surface area contributed by atoms with Crippen molar-refractivity contribution in [3.8, 4) is 0 Å². The number of rotatable bonds is 2. The molecule has 0 bridgehead atoms. The van der Waals surface area contributed by atoms with Gasteiger partial charge in [-0.25, -0.2) is 0 Å². The summed E-state index contributed by atoms with van der Waals surface area (Å²) in [6, 6.07) is -0.348. The lowest BCUT2D eigenvalue weighted by Crippen LogP contribution is -2.39. The normalized spacial score (nSPS) is 40.3. The van der Waals surface area contributed by atoms with Gasteiger partial charge in [0.2, 0.25) is 0 Å². The van der Waals surface area contributed by atoms with Crippen molar-refractivity contribution in [1.29, 1.82) is 0 Å². The molecule has 2 rings (SSSR count). The van der Waals surface area contributed by atoms with Crippen molar-refractivity contribution in [3.05, 3.63) is 0 Å². The number of carboxylic acid groups (broad SMARTS) is 1. The van der Waals surface area contributed by atoms with E-state index < -0.39 is 11.9 Å². The molecule has 0 aromatic carbocycles. The van der Waals surface area contributed by atoms with Crippen LogP contribution < -0.4 is 5.73 Å². The summed E-state index contributed by atoms with van der Waals surface area (Å²) in [5.41, 5.74) is 6.80. The van der Waals surface area contributed by atoms with Crippen LogP contribution in [0.25, 0.3) is 0 Å². The Morgan fingerprint density at radius 1 is 1.79 bits per heavy atom. The van der Waals surface area contributed by atoms with E-state index in [0.717, 1.165) is 12.1 Å². The van der Waals surface area contributed by atoms with E-state index in [4.69, 9.17) is 15.7 Å². The molecule has 0 saturated heterocycles. The Balaban J connectivity index is 2.17. The largest absolute Gasteiger partial charge is 0.481 e. The van der Waals surface area contributed by atoms with Crippen LogP contribution in [-0.2, 0) is 9.63 Å². The summed E-state index contributed by atoms with van der Waals surface area (Å²) < 4.78 is 0. The van der Waals surface area contributed by atoms with E-state index in [1.54, 1.807) is 0 Å². The van der Waals surface area contributed by atoms with Crippen molar-refractivity contribution in [2.75, 3.05) is 0 Å². The molecule has 2 aliphatic rings. The van der Waals surface area contributed by atoms with E-state index in [1.165, 1.54) is 0 Å². The highest BCUT2D eigenvalue weighted by Gasteiger charge is 2.50. The molecule has 3 N–H and O–H groups in total. The van der Waals surface area contributed by atoms with E-state index in [1.807, 2.05) is 6.92 Å². The van der Waals surface area contributed by atoms with Gasteiger partial charge in [0.25, 0.3) is 0 Å². The SMILES string of the molecule is CCC1=NOC2CC(C(=O)O)C(N)C12. The number of nitrogens with zero attached hydrogens (tertiary/aromatic N) is 1. The fourth-order valence-corrected chi connectivity index (χ4v) is 2.36. The van der Waals surface area contributed by atoms with E-state index >= 15 is 0 Å². The third-order valence-electron chi connectivity index (χ3n) is 3.14. The Morgan fingerprint density at radius 2 is 2.50 bits per heavy atom. The van der Waals surface area contributed by atoms with Crippen LogP contribution in [0.1, 0.15) is 19.8 Å². The Kier molecular flexibility index (Phi) is 2.19. The minimum atomic E-state index is -0.828. The summed E-state index contributed by atoms with van der Waals surface area (Å²) in [6.45, 7) is 1.98. The molecule has 4 atom stereocenters. The highest BCUT2D eigenvalue weighted by Crippen LogP contribution is 2.38. The quantitative estimate of drug-likeness (QED) is 0.663. The van der Waals surface area contributed by atoms with Gasteiger partial charge in [0.05, 0.1) is 17.5 Å². The molecule has 1 fully saturated rings. The first kappa shape index (κ1) is 9.45. The summed E-state index contributed by atoms with van der Waals surface area (Å²) in [7, 11) is 0. The maximum Gasteiger partial charge on any atom is 0.308 e. The second kappa shape index (κ2) is 3.24. The first-order valence-electron chi connectivity index (χ1n) is 4.86. The summed E-state index contributed by atoms with van der Waals surface area (Å²) >= 11 is 0. The van der Waals surface area contributed by atoms with Gasteiger partial charge >= 0.3 is 5.97 Å². The smallest absolute Gasteiger partial charge is 0.308 e. The number of hydrogen-bond acceptors (Lipinski definition) is 4. The van der Waals surface area contributed by atoms with E-state index in [2.05, 4.69) is 5.16 Å². The molecule has 0 spiro atoms. The minimum Gasteiger partial charge on any atom is -0.481 e. The number of carbonyl (C=O) groups is 1. The summed E-state index contributed by atoms with van der Waals surface area (Å²) in [4.78, 5) is 16.0. The number of aliphatic carboxylic acids is 1. The summed E-state index contributed by atoms with van der Waals surface area (Å²) in [6.07, 6.45) is 1.15. The maximum atomic E-state index is 10.9. The molecule has 14 heavy (non-hydrogen) atoms. The van der Waals surface area contributed by atoms with Gasteiger partial charge in [0.15, 0.2) is 0 Å². The predicted octanol–water partition coefficient (Wildman–Crippen LogP) is 0.199. The van der Waals surface area contributed by atoms with Crippen LogP contribution in [-0.4, -0.2) is 28.9 Å². The zero-order chi connectivity index (χ0) is 10.3. The molecular weight excluding hydrogens is 184 g/mol. The van der Waals surface area contributed by atoms with Gasteiger partial charge in [0.1, 0.15) is 6.10 Å². The van der Waals surface area contributed by atoms with Crippen molar-refractivity contribution in [2.45, 2.75) is 31.9 Å². The fourth-order valence-electron chi connectivity index (χ4n) is 2.36. The molecular formula is C9H14N2O3. The predicted molar refractivity (Wildman–Crippen MR) is 49.8 cm³/mol. The third kappa shape index (κ3) is 1.19. The molecule has 4 unspecified atom stereocenters. The molecule has 5 heteroatoms. The Bertz CT molecular complexity index is 290. The van der Waals surface area contributed by atoms with Crippen LogP contribution in [0.3, 0.4) is 0 Å². The van der Waals surface area contributed by atoms with E-state index in [-0.39, 0.29) is 18.1 Å². The van der Waals surface area contributed by atoms with Gasteiger partial charge < -0.3 is 15.7 Å². The van der Waals surface area contributed by atoms with Crippen LogP contribution in [0, 0.1) is 11.8 Å². The number of hydrogen-bond donors (Lipinski definition) is 2. The highest BCUT2D eigenvalue weighted by molar-refractivity contribution is 5.90. The van der Waals surface area contributed by atoms with Crippen molar-refractivity contribution in [1.82, 2.24) is 0 Å².